The molecule has 44 heavy (non-hydrogen) atoms. The maximum absolute atomic E-state index is 14.8. The lowest BCUT2D eigenvalue weighted by Gasteiger charge is -2.34. The number of nitrogens with zero attached hydrogens (tertiary/aromatic N) is 2. The van der Waals surface area contributed by atoms with E-state index in [9.17, 15) is 9.59 Å². The van der Waals surface area contributed by atoms with E-state index in [1.807, 2.05) is 115 Å². The fourth-order valence-corrected chi connectivity index (χ4v) is 5.22. The number of carbonyl (C=O) groups excluding carboxylic acids is 2. The van der Waals surface area contributed by atoms with E-state index < -0.39 is 12.0 Å². The second kappa shape index (κ2) is 16.5. The minimum Gasteiger partial charge on any atom is -0.497 e. The molecule has 0 radical (unpaired) electrons. The molecule has 4 aromatic rings. The molecule has 0 saturated heterocycles. The molecule has 228 valence electrons. The first kappa shape index (κ1) is 31.8. The molecule has 2 amide bonds. The molecule has 8 heteroatoms. The Labute approximate surface area is 259 Å². The normalized spacial score (nSPS) is 11.4. The number of rotatable bonds is 15. The molecule has 0 aromatic heterocycles. The van der Waals surface area contributed by atoms with Gasteiger partial charge in [0.1, 0.15) is 11.8 Å². The second-order valence-corrected chi connectivity index (χ2v) is 10.6. The lowest BCUT2D eigenvalue weighted by Crippen LogP contribution is -2.51. The monoisotopic (exact) mass is 591 g/mol. The molecule has 4 rings (SSSR count). The number of nitrogens with two attached hydrogens (primary N) is 2. The van der Waals surface area contributed by atoms with Crippen LogP contribution in [0, 0.1) is 0 Å². The van der Waals surface area contributed by atoms with Crippen LogP contribution < -0.4 is 21.5 Å². The highest BCUT2D eigenvalue weighted by Crippen LogP contribution is 2.29. The van der Waals surface area contributed by atoms with E-state index in [-0.39, 0.29) is 17.8 Å². The van der Waals surface area contributed by atoms with Crippen LogP contribution in [0.1, 0.15) is 41.0 Å². The lowest BCUT2D eigenvalue weighted by atomic mass is 9.89. The maximum atomic E-state index is 14.8. The van der Waals surface area contributed by atoms with Crippen LogP contribution >= 0.6 is 0 Å². The summed E-state index contributed by atoms with van der Waals surface area (Å²) in [7, 11) is 1.63. The molecule has 5 N–H and O–H groups in total. The summed E-state index contributed by atoms with van der Waals surface area (Å²) in [4.78, 5) is 34.6. The quantitative estimate of drug-likeness (QED) is 0.106. The van der Waals surface area contributed by atoms with Crippen molar-refractivity contribution in [3.63, 3.8) is 0 Å². The number of carbonyl (C=O) groups is 2. The van der Waals surface area contributed by atoms with Gasteiger partial charge in [0.25, 0.3) is 0 Å². The van der Waals surface area contributed by atoms with E-state index in [0.717, 1.165) is 28.0 Å². The topological polar surface area (TPSA) is 123 Å². The molecule has 0 unspecified atom stereocenters. The van der Waals surface area contributed by atoms with Crippen molar-refractivity contribution in [2.75, 3.05) is 20.2 Å². The van der Waals surface area contributed by atoms with Gasteiger partial charge in [0.05, 0.1) is 13.0 Å². The Kier molecular flexibility index (Phi) is 11.9. The van der Waals surface area contributed by atoms with Crippen molar-refractivity contribution in [3.05, 3.63) is 138 Å². The van der Waals surface area contributed by atoms with Gasteiger partial charge in [0, 0.05) is 19.6 Å². The zero-order valence-corrected chi connectivity index (χ0v) is 25.1. The van der Waals surface area contributed by atoms with Crippen LogP contribution in [0.25, 0.3) is 0 Å². The van der Waals surface area contributed by atoms with Gasteiger partial charge < -0.3 is 26.4 Å². The third kappa shape index (κ3) is 9.19. The Bertz CT molecular complexity index is 1440. The van der Waals surface area contributed by atoms with Gasteiger partial charge in [-0.15, -0.1) is 0 Å². The molecule has 8 nitrogen and oxygen atoms in total. The first-order chi connectivity index (χ1) is 21.5. The summed E-state index contributed by atoms with van der Waals surface area (Å²) in [5, 5.41) is 3.08. The molecule has 1 atom stereocenters. The zero-order valence-electron chi connectivity index (χ0n) is 25.1. The van der Waals surface area contributed by atoms with Crippen LogP contribution in [-0.4, -0.2) is 48.9 Å². The van der Waals surface area contributed by atoms with Crippen molar-refractivity contribution in [2.24, 2.45) is 16.5 Å². The first-order valence-corrected chi connectivity index (χ1v) is 14.9. The van der Waals surface area contributed by atoms with E-state index in [2.05, 4.69) is 10.3 Å². The average Bonchev–Trinajstić information content (AvgIpc) is 3.06. The van der Waals surface area contributed by atoms with Crippen molar-refractivity contribution in [2.45, 2.75) is 37.8 Å². The van der Waals surface area contributed by atoms with Crippen molar-refractivity contribution in [1.82, 2.24) is 10.2 Å². The third-order valence-electron chi connectivity index (χ3n) is 7.51. The Morgan fingerprint density at radius 2 is 1.36 bits per heavy atom. The van der Waals surface area contributed by atoms with Gasteiger partial charge in [-0.1, -0.05) is 103 Å². The molecular formula is C36H41N5O3. The van der Waals surface area contributed by atoms with E-state index in [1.54, 1.807) is 12.0 Å². The highest BCUT2D eigenvalue weighted by Gasteiger charge is 2.35. The fraction of sp³-hybridized carbons (Fsp3) is 0.250. The minimum atomic E-state index is -0.742. The minimum absolute atomic E-state index is 0.00395. The van der Waals surface area contributed by atoms with Crippen LogP contribution in [0.3, 0.4) is 0 Å². The van der Waals surface area contributed by atoms with E-state index in [0.29, 0.717) is 38.9 Å². The predicted octanol–water partition coefficient (Wildman–Crippen LogP) is 4.64. The summed E-state index contributed by atoms with van der Waals surface area (Å²) in [6.07, 6.45) is 1.47. The summed E-state index contributed by atoms with van der Waals surface area (Å²) in [6, 6.07) is 36.2. The molecule has 0 bridgehead atoms. The van der Waals surface area contributed by atoms with Crippen LogP contribution in [0.5, 0.6) is 5.75 Å². The van der Waals surface area contributed by atoms with Gasteiger partial charge in [0.15, 0.2) is 5.96 Å². The highest BCUT2D eigenvalue weighted by molar-refractivity contribution is 5.92. The summed E-state index contributed by atoms with van der Waals surface area (Å²) in [5.41, 5.74) is 14.9. The van der Waals surface area contributed by atoms with Crippen LogP contribution in [0.2, 0.25) is 0 Å². The standard InChI is InChI=1S/C36H41N5O3/c1-44-31-21-19-27(20-22-31)23-25-41(35(43)33(29-14-7-3-8-15-29)30-16-9-4-10-17-30)32(18-11-24-39-36(37)38)34(42)40-26-28-12-5-2-6-13-28/h2-10,12-17,19-22,32-33H,11,18,23-26H2,1H3,(H,40,42)(H4,37,38,39)/t32-/m1/s1. The lowest BCUT2D eigenvalue weighted by molar-refractivity contribution is -0.141. The zero-order chi connectivity index (χ0) is 31.1. The van der Waals surface area contributed by atoms with Gasteiger partial charge >= 0.3 is 0 Å². The number of hydrogen-bond donors (Lipinski definition) is 3. The third-order valence-corrected chi connectivity index (χ3v) is 7.51. The highest BCUT2D eigenvalue weighted by atomic mass is 16.5. The second-order valence-electron chi connectivity index (χ2n) is 10.6. The van der Waals surface area contributed by atoms with Crippen molar-refractivity contribution >= 4 is 17.8 Å². The van der Waals surface area contributed by atoms with Crippen molar-refractivity contribution in [3.8, 4) is 5.75 Å². The predicted molar refractivity (Wildman–Crippen MR) is 175 cm³/mol. The molecule has 4 aromatic carbocycles. The van der Waals surface area contributed by atoms with E-state index in [4.69, 9.17) is 16.2 Å². The van der Waals surface area contributed by atoms with Crippen LogP contribution in [0.4, 0.5) is 0 Å². The molecule has 0 heterocycles. The molecule has 0 fully saturated rings. The van der Waals surface area contributed by atoms with Crippen molar-refractivity contribution in [1.29, 1.82) is 0 Å². The number of methoxy groups -OCH3 is 1. The molecule has 0 saturated carbocycles. The van der Waals surface area contributed by atoms with E-state index >= 15 is 0 Å². The largest absolute Gasteiger partial charge is 0.497 e. The van der Waals surface area contributed by atoms with Gasteiger partial charge in [0.2, 0.25) is 11.8 Å². The number of amides is 2. The number of nitrogens with one attached hydrogen (secondary N) is 1. The Balaban J connectivity index is 1.70. The molecule has 0 aliphatic heterocycles. The number of benzene rings is 4. The number of aliphatic imine (C=N–C) groups is 1. The summed E-state index contributed by atoms with van der Waals surface area (Å²) in [5.74, 6) is -0.196. The Morgan fingerprint density at radius 3 is 1.91 bits per heavy atom. The summed E-state index contributed by atoms with van der Waals surface area (Å²) < 4.78 is 5.32. The summed E-state index contributed by atoms with van der Waals surface area (Å²) >= 11 is 0. The van der Waals surface area contributed by atoms with Crippen molar-refractivity contribution < 1.29 is 14.3 Å². The van der Waals surface area contributed by atoms with Gasteiger partial charge in [-0.2, -0.15) is 0 Å². The van der Waals surface area contributed by atoms with E-state index in [1.165, 1.54) is 0 Å². The number of hydrogen-bond acceptors (Lipinski definition) is 4. The number of guanidine groups is 1. The first-order valence-electron chi connectivity index (χ1n) is 14.9. The molecular weight excluding hydrogens is 550 g/mol. The van der Waals surface area contributed by atoms with Gasteiger partial charge in [-0.05, 0) is 53.6 Å². The Morgan fingerprint density at radius 1 is 0.795 bits per heavy atom. The van der Waals surface area contributed by atoms with Crippen LogP contribution in [-0.2, 0) is 22.6 Å². The molecule has 0 spiro atoms. The molecule has 0 aliphatic carbocycles. The Hall–Kier alpha value is -5.11. The fourth-order valence-electron chi connectivity index (χ4n) is 5.22. The average molecular weight is 592 g/mol. The van der Waals surface area contributed by atoms with Gasteiger partial charge in [-0.25, -0.2) is 0 Å². The maximum Gasteiger partial charge on any atom is 0.243 e. The van der Waals surface area contributed by atoms with Crippen LogP contribution in [0.15, 0.2) is 120 Å². The molecule has 0 aliphatic rings. The summed E-state index contributed by atoms with van der Waals surface area (Å²) in [6.45, 7) is 1.05. The number of ether oxygens (including phenoxy) is 1. The smallest absolute Gasteiger partial charge is 0.243 e. The van der Waals surface area contributed by atoms with Gasteiger partial charge in [-0.3, -0.25) is 14.6 Å². The SMILES string of the molecule is COc1ccc(CCN(C(=O)C(c2ccccc2)c2ccccc2)[C@H](CCCN=C(N)N)C(=O)NCc2ccccc2)cc1.